The second-order valence-corrected chi connectivity index (χ2v) is 17.7. The molecule has 2 unspecified atom stereocenters. The molecule has 0 amide bonds. The van der Waals surface area contributed by atoms with E-state index in [9.17, 15) is 19.5 Å². The van der Waals surface area contributed by atoms with Crippen molar-refractivity contribution in [2.24, 2.45) is 0 Å². The summed E-state index contributed by atoms with van der Waals surface area (Å²) in [6.07, 6.45) is 51.3. The van der Waals surface area contributed by atoms with Crippen molar-refractivity contribution >= 4 is 17.9 Å². The van der Waals surface area contributed by atoms with Crippen molar-refractivity contribution in [2.75, 3.05) is 41.0 Å². The Morgan fingerprint density at radius 3 is 1.32 bits per heavy atom. The van der Waals surface area contributed by atoms with Crippen molar-refractivity contribution in [3.8, 4) is 0 Å². The smallest absolute Gasteiger partial charge is 0.306 e. The van der Waals surface area contributed by atoms with Crippen LogP contribution in [0.2, 0.25) is 0 Å². The summed E-state index contributed by atoms with van der Waals surface area (Å²) in [5.41, 5.74) is 0. The number of carboxylic acid groups (broad SMARTS) is 1. The molecule has 0 rings (SSSR count). The quantitative estimate of drug-likeness (QED) is 0.0260. The predicted octanol–water partition coefficient (Wildman–Crippen LogP) is 12.6. The molecule has 0 saturated carbocycles. The number of hydrogen-bond acceptors (Lipinski definition) is 7. The Kier molecular flexibility index (Phi) is 41.0. The molecule has 0 bridgehead atoms. The van der Waals surface area contributed by atoms with E-state index in [4.69, 9.17) is 14.2 Å². The van der Waals surface area contributed by atoms with Crippen LogP contribution >= 0.6 is 0 Å². The molecule has 2 atom stereocenters. The highest BCUT2D eigenvalue weighted by Crippen LogP contribution is 2.14. The molecule has 0 N–H and O–H groups in total. The second kappa shape index (κ2) is 43.0. The van der Waals surface area contributed by atoms with Crippen LogP contribution in [0.1, 0.15) is 213 Å². The number of allylic oxidation sites excluding steroid dienone is 8. The molecule has 0 aliphatic rings. The normalized spacial score (nSPS) is 13.3. The number of likely N-dealkylation sites (N-methyl/N-ethyl adjacent to an activating group) is 1. The van der Waals surface area contributed by atoms with E-state index >= 15 is 0 Å². The number of rotatable bonds is 44. The first-order valence-electron chi connectivity index (χ1n) is 24.7. The predicted molar refractivity (Wildman–Crippen MR) is 250 cm³/mol. The van der Waals surface area contributed by atoms with Gasteiger partial charge in [0.1, 0.15) is 12.6 Å². The van der Waals surface area contributed by atoms with E-state index in [1.807, 2.05) is 0 Å². The van der Waals surface area contributed by atoms with E-state index in [-0.39, 0.29) is 42.7 Å². The Bertz CT molecular complexity index is 1120. The highest BCUT2D eigenvalue weighted by molar-refractivity contribution is 5.70. The second-order valence-electron chi connectivity index (χ2n) is 17.7. The molecule has 0 aliphatic heterocycles. The number of hydrogen-bond donors (Lipinski definition) is 0. The molecule has 0 aromatic heterocycles. The van der Waals surface area contributed by atoms with Crippen molar-refractivity contribution in [1.29, 1.82) is 0 Å². The summed E-state index contributed by atoms with van der Waals surface area (Å²) in [6, 6.07) is -0.729. The van der Waals surface area contributed by atoms with Gasteiger partial charge in [-0.1, -0.05) is 165 Å². The van der Waals surface area contributed by atoms with Crippen molar-refractivity contribution in [3.63, 3.8) is 0 Å². The van der Waals surface area contributed by atoms with Crippen LogP contribution in [-0.4, -0.2) is 75.5 Å². The number of carbonyl (C=O) groups is 3. The number of carbonyl (C=O) groups excluding carboxylic acids is 3. The van der Waals surface area contributed by atoms with Gasteiger partial charge in [-0.15, -0.1) is 0 Å². The van der Waals surface area contributed by atoms with Gasteiger partial charge in [0.05, 0.1) is 40.3 Å². The van der Waals surface area contributed by atoms with Gasteiger partial charge in [0, 0.05) is 19.3 Å². The number of nitrogens with zero attached hydrogens (tertiary/aromatic N) is 1. The molecule has 0 aromatic rings. The van der Waals surface area contributed by atoms with Gasteiger partial charge in [-0.05, 0) is 77.0 Å². The van der Waals surface area contributed by atoms with Crippen LogP contribution in [0.15, 0.2) is 48.6 Å². The first-order chi connectivity index (χ1) is 29.1. The monoisotopic (exact) mass is 844 g/mol. The lowest BCUT2D eigenvalue weighted by Gasteiger charge is -2.34. The van der Waals surface area contributed by atoms with E-state index in [1.165, 1.54) is 109 Å². The maximum absolute atomic E-state index is 12.8. The Labute approximate surface area is 369 Å². The van der Waals surface area contributed by atoms with Gasteiger partial charge in [0.25, 0.3) is 0 Å². The lowest BCUT2D eigenvalue weighted by atomic mass is 10.1. The van der Waals surface area contributed by atoms with E-state index in [1.54, 1.807) is 21.1 Å². The highest BCUT2D eigenvalue weighted by Gasteiger charge is 2.25. The van der Waals surface area contributed by atoms with Crippen molar-refractivity contribution in [3.05, 3.63) is 48.6 Å². The van der Waals surface area contributed by atoms with Gasteiger partial charge in [0.2, 0.25) is 0 Å². The number of aliphatic carboxylic acids is 1. The molecular formula is C52H93NO7. The van der Waals surface area contributed by atoms with Crippen molar-refractivity contribution in [1.82, 2.24) is 0 Å². The van der Waals surface area contributed by atoms with Crippen LogP contribution in [0.4, 0.5) is 0 Å². The van der Waals surface area contributed by atoms with Gasteiger partial charge in [-0.3, -0.25) is 9.59 Å². The van der Waals surface area contributed by atoms with E-state index in [0.29, 0.717) is 12.8 Å². The lowest BCUT2D eigenvalue weighted by molar-refractivity contribution is -0.889. The maximum atomic E-state index is 12.8. The molecule has 0 spiro atoms. The van der Waals surface area contributed by atoms with E-state index in [2.05, 4.69) is 62.5 Å². The molecule has 0 saturated heterocycles. The highest BCUT2D eigenvalue weighted by atomic mass is 16.6. The van der Waals surface area contributed by atoms with Gasteiger partial charge >= 0.3 is 11.9 Å². The fraction of sp³-hybridized carbons (Fsp3) is 0.788. The summed E-state index contributed by atoms with van der Waals surface area (Å²) in [4.78, 5) is 37.0. The standard InChI is InChI=1S/C52H93NO7/c1-6-8-10-12-14-16-18-20-22-23-24-25-26-27-29-31-33-35-37-39-41-43-51(55)60-48(46-58-45-44-49(52(56)57)53(3,4)5)47-59-50(54)42-40-38-36-34-32-30-28-21-19-17-15-13-11-9-7-2/h15,17-18,20-21,23-24,28,48-49H,6-14,16,19,22,25-27,29-47H2,1-5H3/b17-15-,20-18-,24-23-,28-21-. The van der Waals surface area contributed by atoms with Crippen LogP contribution in [0.5, 0.6) is 0 Å². The molecule has 0 aliphatic carbocycles. The summed E-state index contributed by atoms with van der Waals surface area (Å²) < 4.78 is 17.2. The zero-order chi connectivity index (χ0) is 44.2. The van der Waals surface area contributed by atoms with Gasteiger partial charge in [0.15, 0.2) is 6.10 Å². The average Bonchev–Trinajstić information content (AvgIpc) is 3.21. The number of quaternary nitrogens is 1. The fourth-order valence-electron chi connectivity index (χ4n) is 7.07. The van der Waals surface area contributed by atoms with E-state index < -0.39 is 18.1 Å². The molecule has 8 nitrogen and oxygen atoms in total. The van der Waals surface area contributed by atoms with Gasteiger partial charge in [-0.2, -0.15) is 0 Å². The molecule has 348 valence electrons. The summed E-state index contributed by atoms with van der Waals surface area (Å²) in [5.74, 6) is -1.75. The third kappa shape index (κ3) is 40.7. The Morgan fingerprint density at radius 2 is 0.883 bits per heavy atom. The molecular weight excluding hydrogens is 751 g/mol. The third-order valence-electron chi connectivity index (χ3n) is 10.9. The van der Waals surface area contributed by atoms with Gasteiger partial charge < -0.3 is 28.6 Å². The van der Waals surface area contributed by atoms with Crippen LogP contribution in [0, 0.1) is 0 Å². The molecule has 0 heterocycles. The molecule has 0 fully saturated rings. The first-order valence-corrected chi connectivity index (χ1v) is 24.7. The number of unbranched alkanes of at least 4 members (excludes halogenated alkanes) is 22. The third-order valence-corrected chi connectivity index (χ3v) is 10.9. The number of esters is 2. The SMILES string of the molecule is CCCCC/C=C\C/C=C\CCCCCCCC(=O)OCC(COCCC(C(=O)[O-])[N+](C)(C)C)OC(=O)CCCCCCCCCCC/C=C\C/C=C\CCCCCCC. The van der Waals surface area contributed by atoms with Crippen LogP contribution in [0.3, 0.4) is 0 Å². The summed E-state index contributed by atoms with van der Waals surface area (Å²) in [5, 5.41) is 11.6. The summed E-state index contributed by atoms with van der Waals surface area (Å²) in [7, 11) is 5.41. The Morgan fingerprint density at radius 1 is 0.500 bits per heavy atom. The van der Waals surface area contributed by atoms with E-state index in [0.717, 1.165) is 70.6 Å². The number of carboxylic acids is 1. The van der Waals surface area contributed by atoms with Gasteiger partial charge in [-0.25, -0.2) is 0 Å². The summed E-state index contributed by atoms with van der Waals surface area (Å²) in [6.45, 7) is 4.62. The van der Waals surface area contributed by atoms with Crippen molar-refractivity contribution in [2.45, 2.75) is 225 Å². The zero-order valence-electron chi connectivity index (χ0n) is 39.6. The first kappa shape index (κ1) is 57.3. The molecule has 0 aromatic carbocycles. The fourth-order valence-corrected chi connectivity index (χ4v) is 7.07. The lowest BCUT2D eigenvalue weighted by Crippen LogP contribution is -2.55. The molecule has 8 heteroatoms. The average molecular weight is 844 g/mol. The number of ether oxygens (including phenoxy) is 3. The van der Waals surface area contributed by atoms with Crippen LogP contribution in [-0.2, 0) is 28.6 Å². The topological polar surface area (TPSA) is 102 Å². The largest absolute Gasteiger partial charge is 0.544 e. The molecule has 60 heavy (non-hydrogen) atoms. The minimum atomic E-state index is -1.13. The van der Waals surface area contributed by atoms with Crippen molar-refractivity contribution < 1.29 is 38.2 Å². The molecule has 0 radical (unpaired) electrons. The van der Waals surface area contributed by atoms with Crippen LogP contribution in [0.25, 0.3) is 0 Å². The summed E-state index contributed by atoms with van der Waals surface area (Å²) >= 11 is 0. The minimum absolute atomic E-state index is 0.0343. The maximum Gasteiger partial charge on any atom is 0.306 e. The minimum Gasteiger partial charge on any atom is -0.544 e. The van der Waals surface area contributed by atoms with Crippen LogP contribution < -0.4 is 5.11 Å². The zero-order valence-corrected chi connectivity index (χ0v) is 39.6. The Balaban J connectivity index is 4.29. The Hall–Kier alpha value is -2.71.